The molecule has 0 aliphatic heterocycles. The SMILES string of the molecule is CCOc1cccc(C(CN)NC(C)C(C)CO)c1. The molecule has 4 nitrogen and oxygen atoms in total. The summed E-state index contributed by atoms with van der Waals surface area (Å²) in [5.74, 6) is 1.06. The fraction of sp³-hybridized carbons (Fsp3) is 0.600. The molecule has 0 saturated heterocycles. The van der Waals surface area contributed by atoms with E-state index in [1.54, 1.807) is 0 Å². The molecule has 1 rings (SSSR count). The molecule has 4 heteroatoms. The van der Waals surface area contributed by atoms with E-state index in [1.165, 1.54) is 0 Å². The van der Waals surface area contributed by atoms with Crippen LogP contribution in [0, 0.1) is 5.92 Å². The van der Waals surface area contributed by atoms with Crippen LogP contribution in [0.2, 0.25) is 0 Å². The molecule has 0 amide bonds. The largest absolute Gasteiger partial charge is 0.494 e. The average molecular weight is 266 g/mol. The maximum Gasteiger partial charge on any atom is 0.119 e. The first kappa shape index (κ1) is 16.0. The van der Waals surface area contributed by atoms with Crippen LogP contribution >= 0.6 is 0 Å². The van der Waals surface area contributed by atoms with Gasteiger partial charge >= 0.3 is 0 Å². The topological polar surface area (TPSA) is 67.5 Å². The first-order valence-electron chi connectivity index (χ1n) is 6.92. The molecule has 4 N–H and O–H groups in total. The lowest BCUT2D eigenvalue weighted by molar-refractivity contribution is 0.201. The summed E-state index contributed by atoms with van der Waals surface area (Å²) in [6, 6.07) is 8.26. The minimum atomic E-state index is 0.0735. The van der Waals surface area contributed by atoms with Crippen LogP contribution in [0.25, 0.3) is 0 Å². The zero-order chi connectivity index (χ0) is 14.3. The van der Waals surface area contributed by atoms with Crippen molar-refractivity contribution in [3.63, 3.8) is 0 Å². The second kappa shape index (κ2) is 8.15. The highest BCUT2D eigenvalue weighted by molar-refractivity contribution is 5.30. The third-order valence-electron chi connectivity index (χ3n) is 3.41. The summed E-state index contributed by atoms with van der Waals surface area (Å²) >= 11 is 0. The van der Waals surface area contributed by atoms with Gasteiger partial charge in [-0.1, -0.05) is 19.1 Å². The van der Waals surface area contributed by atoms with E-state index in [2.05, 4.69) is 12.2 Å². The smallest absolute Gasteiger partial charge is 0.119 e. The first-order chi connectivity index (χ1) is 9.12. The Balaban J connectivity index is 2.76. The lowest BCUT2D eigenvalue weighted by Crippen LogP contribution is -2.39. The molecular formula is C15H26N2O2. The van der Waals surface area contributed by atoms with Gasteiger partial charge in [-0.3, -0.25) is 0 Å². The summed E-state index contributed by atoms with van der Waals surface area (Å²) in [5.41, 5.74) is 6.97. The van der Waals surface area contributed by atoms with Crippen LogP contribution in [0.15, 0.2) is 24.3 Å². The molecule has 0 heterocycles. The minimum absolute atomic E-state index is 0.0735. The van der Waals surface area contributed by atoms with Crippen molar-refractivity contribution < 1.29 is 9.84 Å². The summed E-state index contributed by atoms with van der Waals surface area (Å²) in [6.07, 6.45) is 0. The Morgan fingerprint density at radius 3 is 2.68 bits per heavy atom. The summed E-state index contributed by atoms with van der Waals surface area (Å²) in [7, 11) is 0. The monoisotopic (exact) mass is 266 g/mol. The van der Waals surface area contributed by atoms with E-state index in [9.17, 15) is 5.11 Å². The van der Waals surface area contributed by atoms with Gasteiger partial charge in [-0.15, -0.1) is 0 Å². The third-order valence-corrected chi connectivity index (χ3v) is 3.41. The van der Waals surface area contributed by atoms with Crippen LogP contribution in [-0.2, 0) is 0 Å². The first-order valence-corrected chi connectivity index (χ1v) is 6.92. The predicted octanol–water partition coefficient (Wildman–Crippen LogP) is 1.69. The molecule has 108 valence electrons. The van der Waals surface area contributed by atoms with Crippen molar-refractivity contribution in [3.8, 4) is 5.75 Å². The second-order valence-corrected chi connectivity index (χ2v) is 4.91. The van der Waals surface area contributed by atoms with Gasteiger partial charge in [0.1, 0.15) is 5.75 Å². The molecule has 3 unspecified atom stereocenters. The summed E-state index contributed by atoms with van der Waals surface area (Å²) in [6.45, 7) is 7.39. The Bertz CT molecular complexity index is 371. The molecule has 0 aliphatic rings. The van der Waals surface area contributed by atoms with Crippen molar-refractivity contribution in [1.29, 1.82) is 0 Å². The van der Waals surface area contributed by atoms with E-state index in [4.69, 9.17) is 10.5 Å². The van der Waals surface area contributed by atoms with E-state index in [0.29, 0.717) is 13.2 Å². The Hall–Kier alpha value is -1.10. The second-order valence-electron chi connectivity index (χ2n) is 4.91. The van der Waals surface area contributed by atoms with E-state index in [0.717, 1.165) is 11.3 Å². The molecule has 3 atom stereocenters. The molecule has 0 radical (unpaired) electrons. The van der Waals surface area contributed by atoms with Gasteiger partial charge in [0.05, 0.1) is 6.61 Å². The maximum absolute atomic E-state index is 9.18. The van der Waals surface area contributed by atoms with Gasteiger partial charge in [0, 0.05) is 25.2 Å². The van der Waals surface area contributed by atoms with E-state index in [-0.39, 0.29) is 24.6 Å². The Kier molecular flexibility index (Phi) is 6.84. The molecule has 0 aliphatic carbocycles. The van der Waals surface area contributed by atoms with Gasteiger partial charge in [0.15, 0.2) is 0 Å². The molecule has 1 aromatic rings. The zero-order valence-electron chi connectivity index (χ0n) is 12.1. The zero-order valence-corrected chi connectivity index (χ0v) is 12.1. The number of benzene rings is 1. The molecule has 0 spiro atoms. The summed E-state index contributed by atoms with van der Waals surface area (Å²) < 4.78 is 5.51. The highest BCUT2D eigenvalue weighted by Gasteiger charge is 2.17. The minimum Gasteiger partial charge on any atom is -0.494 e. The molecular weight excluding hydrogens is 240 g/mol. The number of aliphatic hydroxyl groups excluding tert-OH is 1. The number of nitrogens with two attached hydrogens (primary N) is 1. The molecule has 0 fully saturated rings. The number of hydrogen-bond acceptors (Lipinski definition) is 4. The lowest BCUT2D eigenvalue weighted by atomic mass is 10.0. The van der Waals surface area contributed by atoms with Gasteiger partial charge < -0.3 is 20.9 Å². The highest BCUT2D eigenvalue weighted by atomic mass is 16.5. The number of aliphatic hydroxyl groups is 1. The fourth-order valence-corrected chi connectivity index (χ4v) is 1.93. The fourth-order valence-electron chi connectivity index (χ4n) is 1.93. The molecule has 0 bridgehead atoms. The summed E-state index contributed by atoms with van der Waals surface area (Å²) in [4.78, 5) is 0. The number of ether oxygens (including phenoxy) is 1. The van der Waals surface area contributed by atoms with Crippen molar-refractivity contribution >= 4 is 0 Å². The van der Waals surface area contributed by atoms with Gasteiger partial charge in [0.25, 0.3) is 0 Å². The molecule has 1 aromatic carbocycles. The number of nitrogens with one attached hydrogen (secondary N) is 1. The van der Waals surface area contributed by atoms with Crippen LogP contribution in [0.3, 0.4) is 0 Å². The van der Waals surface area contributed by atoms with Gasteiger partial charge in [-0.05, 0) is 37.5 Å². The number of rotatable bonds is 8. The quantitative estimate of drug-likeness (QED) is 0.670. The lowest BCUT2D eigenvalue weighted by Gasteiger charge is -2.26. The maximum atomic E-state index is 9.18. The van der Waals surface area contributed by atoms with Crippen LogP contribution in [0.5, 0.6) is 5.75 Å². The highest BCUT2D eigenvalue weighted by Crippen LogP contribution is 2.20. The molecule has 19 heavy (non-hydrogen) atoms. The van der Waals surface area contributed by atoms with Crippen molar-refractivity contribution in [1.82, 2.24) is 5.32 Å². The average Bonchev–Trinajstić information content (AvgIpc) is 2.44. The van der Waals surface area contributed by atoms with Crippen LogP contribution in [0.4, 0.5) is 0 Å². The van der Waals surface area contributed by atoms with Crippen LogP contribution < -0.4 is 15.8 Å². The van der Waals surface area contributed by atoms with Crippen LogP contribution in [-0.4, -0.2) is 30.9 Å². The van der Waals surface area contributed by atoms with Crippen LogP contribution in [0.1, 0.15) is 32.4 Å². The van der Waals surface area contributed by atoms with Crippen molar-refractivity contribution in [2.45, 2.75) is 32.9 Å². The van der Waals surface area contributed by atoms with E-state index < -0.39 is 0 Å². The normalized spacial score (nSPS) is 15.8. The predicted molar refractivity (Wildman–Crippen MR) is 78.3 cm³/mol. The third kappa shape index (κ3) is 4.82. The summed E-state index contributed by atoms with van der Waals surface area (Å²) in [5, 5.41) is 12.6. The molecule has 0 saturated carbocycles. The van der Waals surface area contributed by atoms with E-state index in [1.807, 2.05) is 38.1 Å². The Morgan fingerprint density at radius 2 is 2.11 bits per heavy atom. The standard InChI is InChI=1S/C15H26N2O2/c1-4-19-14-7-5-6-13(8-14)15(9-16)17-12(3)11(2)10-18/h5-8,11-12,15,17-18H,4,9-10,16H2,1-3H3. The van der Waals surface area contributed by atoms with Crippen molar-refractivity contribution in [2.75, 3.05) is 19.8 Å². The number of hydrogen-bond donors (Lipinski definition) is 3. The van der Waals surface area contributed by atoms with Crippen molar-refractivity contribution in [2.24, 2.45) is 11.7 Å². The van der Waals surface area contributed by atoms with E-state index >= 15 is 0 Å². The molecule has 0 aromatic heterocycles. The Labute approximate surface area is 116 Å². The van der Waals surface area contributed by atoms with Gasteiger partial charge in [-0.2, -0.15) is 0 Å². The van der Waals surface area contributed by atoms with Gasteiger partial charge in [-0.25, -0.2) is 0 Å². The van der Waals surface area contributed by atoms with Gasteiger partial charge in [0.2, 0.25) is 0 Å². The Morgan fingerprint density at radius 1 is 1.37 bits per heavy atom. The van der Waals surface area contributed by atoms with Crippen molar-refractivity contribution in [3.05, 3.63) is 29.8 Å².